The Balaban J connectivity index is 1.62. The molecule has 1 aliphatic carbocycles. The number of carbonyl (C=O) groups excluding carboxylic acids is 1. The number of amides is 1. The van der Waals surface area contributed by atoms with E-state index in [9.17, 15) is 4.79 Å². The van der Waals surface area contributed by atoms with Crippen molar-refractivity contribution in [2.24, 2.45) is 0 Å². The lowest BCUT2D eigenvalue weighted by atomic mass is 9.94. The second-order valence-electron chi connectivity index (χ2n) is 6.40. The summed E-state index contributed by atoms with van der Waals surface area (Å²) in [5, 5.41) is 3.56. The van der Waals surface area contributed by atoms with Gasteiger partial charge < -0.3 is 9.73 Å². The first-order valence-electron chi connectivity index (χ1n) is 8.58. The van der Waals surface area contributed by atoms with Crippen molar-refractivity contribution >= 4 is 29.3 Å². The lowest BCUT2D eigenvalue weighted by molar-refractivity contribution is -0.124. The molecule has 3 heterocycles. The predicted molar refractivity (Wildman–Crippen MR) is 99.4 cm³/mol. The SMILES string of the molecule is O=C1C(=Cc2occc2-c2cccnc2)NC(=S)N1C1CCCCC1. The lowest BCUT2D eigenvalue weighted by Crippen LogP contribution is -2.41. The molecule has 0 radical (unpaired) electrons. The van der Waals surface area contributed by atoms with Crippen molar-refractivity contribution in [3.63, 3.8) is 0 Å². The normalized spacial score (nSPS) is 20.3. The van der Waals surface area contributed by atoms with Crippen LogP contribution in [0.2, 0.25) is 0 Å². The van der Waals surface area contributed by atoms with Crippen LogP contribution in [0.3, 0.4) is 0 Å². The Bertz CT molecular complexity index is 822. The summed E-state index contributed by atoms with van der Waals surface area (Å²) < 4.78 is 5.59. The van der Waals surface area contributed by atoms with Gasteiger partial charge in [-0.25, -0.2) is 0 Å². The fraction of sp³-hybridized carbons (Fsp3) is 0.316. The van der Waals surface area contributed by atoms with E-state index >= 15 is 0 Å². The predicted octanol–water partition coefficient (Wildman–Crippen LogP) is 3.73. The van der Waals surface area contributed by atoms with E-state index in [1.807, 2.05) is 18.2 Å². The van der Waals surface area contributed by atoms with Crippen LogP contribution in [0.15, 0.2) is 47.0 Å². The highest BCUT2D eigenvalue weighted by Crippen LogP contribution is 2.29. The Labute approximate surface area is 151 Å². The summed E-state index contributed by atoms with van der Waals surface area (Å²) in [6.45, 7) is 0. The first-order chi connectivity index (χ1) is 12.2. The van der Waals surface area contributed by atoms with Gasteiger partial charge in [-0.3, -0.25) is 14.7 Å². The third kappa shape index (κ3) is 3.09. The highest BCUT2D eigenvalue weighted by atomic mass is 32.1. The molecule has 2 aliphatic rings. The van der Waals surface area contributed by atoms with Gasteiger partial charge in [0.15, 0.2) is 5.11 Å². The van der Waals surface area contributed by atoms with Crippen LogP contribution in [0.25, 0.3) is 17.2 Å². The fourth-order valence-electron chi connectivity index (χ4n) is 3.54. The molecular weight excluding hydrogens is 334 g/mol. The summed E-state index contributed by atoms with van der Waals surface area (Å²) in [6, 6.07) is 5.92. The van der Waals surface area contributed by atoms with Crippen LogP contribution >= 0.6 is 12.2 Å². The Hall–Kier alpha value is -2.47. The molecule has 25 heavy (non-hydrogen) atoms. The summed E-state index contributed by atoms with van der Waals surface area (Å²) in [7, 11) is 0. The van der Waals surface area contributed by atoms with E-state index in [2.05, 4.69) is 10.3 Å². The summed E-state index contributed by atoms with van der Waals surface area (Å²) in [6.07, 6.45) is 12.4. The number of pyridine rings is 1. The van der Waals surface area contributed by atoms with Crippen LogP contribution in [0.4, 0.5) is 0 Å². The smallest absolute Gasteiger partial charge is 0.276 e. The molecule has 6 heteroatoms. The van der Waals surface area contributed by atoms with Gasteiger partial charge >= 0.3 is 0 Å². The Kier molecular flexibility index (Phi) is 4.36. The number of thiocarbonyl (C=S) groups is 1. The second kappa shape index (κ2) is 6.80. The number of nitrogens with one attached hydrogen (secondary N) is 1. The van der Waals surface area contributed by atoms with Crippen LogP contribution < -0.4 is 5.32 Å². The molecule has 0 unspecified atom stereocenters. The zero-order valence-electron chi connectivity index (χ0n) is 13.8. The van der Waals surface area contributed by atoms with Gasteiger partial charge in [0, 0.05) is 35.6 Å². The summed E-state index contributed by atoms with van der Waals surface area (Å²) in [5.41, 5.74) is 2.31. The minimum atomic E-state index is -0.0644. The number of furan rings is 1. The zero-order valence-corrected chi connectivity index (χ0v) is 14.6. The van der Waals surface area contributed by atoms with E-state index in [1.54, 1.807) is 29.6 Å². The molecule has 0 bridgehead atoms. The molecule has 2 fully saturated rings. The van der Waals surface area contributed by atoms with Crippen molar-refractivity contribution in [2.45, 2.75) is 38.1 Å². The molecule has 1 saturated carbocycles. The number of rotatable bonds is 3. The maximum Gasteiger partial charge on any atom is 0.276 e. The van der Waals surface area contributed by atoms with Crippen LogP contribution in [-0.2, 0) is 4.79 Å². The van der Waals surface area contributed by atoms with Gasteiger partial charge in [0.1, 0.15) is 11.5 Å². The van der Waals surface area contributed by atoms with Crippen LogP contribution in [-0.4, -0.2) is 26.9 Å². The minimum absolute atomic E-state index is 0.0644. The van der Waals surface area contributed by atoms with E-state index in [0.29, 0.717) is 16.6 Å². The number of aromatic nitrogens is 1. The average Bonchev–Trinajstić information content (AvgIpc) is 3.21. The Morgan fingerprint density at radius 2 is 2.12 bits per heavy atom. The zero-order chi connectivity index (χ0) is 17.2. The summed E-state index contributed by atoms with van der Waals surface area (Å²) >= 11 is 5.41. The number of carbonyl (C=O) groups is 1. The molecule has 0 spiro atoms. The molecule has 1 saturated heterocycles. The minimum Gasteiger partial charge on any atom is -0.464 e. The van der Waals surface area contributed by atoms with E-state index < -0.39 is 0 Å². The number of nitrogens with zero attached hydrogens (tertiary/aromatic N) is 2. The largest absolute Gasteiger partial charge is 0.464 e. The third-order valence-corrected chi connectivity index (χ3v) is 5.09. The topological polar surface area (TPSA) is 58.4 Å². The van der Waals surface area contributed by atoms with Crippen molar-refractivity contribution in [3.8, 4) is 11.1 Å². The van der Waals surface area contributed by atoms with Crippen molar-refractivity contribution < 1.29 is 9.21 Å². The molecule has 128 valence electrons. The van der Waals surface area contributed by atoms with Crippen molar-refractivity contribution in [1.29, 1.82) is 0 Å². The molecule has 1 N–H and O–H groups in total. The van der Waals surface area contributed by atoms with Crippen LogP contribution in [0.5, 0.6) is 0 Å². The maximum absolute atomic E-state index is 12.8. The highest BCUT2D eigenvalue weighted by Gasteiger charge is 2.36. The van der Waals surface area contributed by atoms with Gasteiger partial charge in [-0.1, -0.05) is 25.3 Å². The van der Waals surface area contributed by atoms with Crippen LogP contribution in [0.1, 0.15) is 37.9 Å². The molecule has 4 rings (SSSR count). The lowest BCUT2D eigenvalue weighted by Gasteiger charge is -2.29. The van der Waals surface area contributed by atoms with Gasteiger partial charge in [-0.05, 0) is 37.2 Å². The maximum atomic E-state index is 12.8. The van der Waals surface area contributed by atoms with E-state index in [-0.39, 0.29) is 11.9 Å². The molecule has 0 aromatic carbocycles. The van der Waals surface area contributed by atoms with Gasteiger partial charge in [0.25, 0.3) is 5.91 Å². The van der Waals surface area contributed by atoms with E-state index in [0.717, 1.165) is 36.8 Å². The molecular formula is C19H19N3O2S. The number of hydrogen-bond acceptors (Lipinski definition) is 4. The Morgan fingerprint density at radius 3 is 2.88 bits per heavy atom. The van der Waals surface area contributed by atoms with Gasteiger partial charge in [-0.15, -0.1) is 0 Å². The molecule has 2 aromatic rings. The fourth-order valence-corrected chi connectivity index (χ4v) is 3.89. The number of hydrogen-bond donors (Lipinski definition) is 1. The third-order valence-electron chi connectivity index (χ3n) is 4.79. The molecule has 1 aliphatic heterocycles. The summed E-state index contributed by atoms with van der Waals surface area (Å²) in [5.74, 6) is 0.558. The monoisotopic (exact) mass is 353 g/mol. The first-order valence-corrected chi connectivity index (χ1v) is 8.99. The standard InChI is InChI=1S/C19H19N3O2S/c23-18-16(21-19(25)22(18)14-6-2-1-3-7-14)11-17-15(8-10-24-17)13-5-4-9-20-12-13/h4-5,8-12,14H,1-3,6-7H2,(H,21,25). The van der Waals surface area contributed by atoms with Crippen molar-refractivity contribution in [1.82, 2.24) is 15.2 Å². The highest BCUT2D eigenvalue weighted by molar-refractivity contribution is 7.80. The molecule has 2 aromatic heterocycles. The Morgan fingerprint density at radius 1 is 1.28 bits per heavy atom. The average molecular weight is 353 g/mol. The van der Waals surface area contributed by atoms with Gasteiger partial charge in [0.05, 0.1) is 6.26 Å². The van der Waals surface area contributed by atoms with Gasteiger partial charge in [-0.2, -0.15) is 0 Å². The molecule has 5 nitrogen and oxygen atoms in total. The van der Waals surface area contributed by atoms with E-state index in [1.165, 1.54) is 6.42 Å². The van der Waals surface area contributed by atoms with Gasteiger partial charge in [0.2, 0.25) is 0 Å². The second-order valence-corrected chi connectivity index (χ2v) is 6.78. The molecule has 0 atom stereocenters. The summed E-state index contributed by atoms with van der Waals surface area (Å²) in [4.78, 5) is 18.7. The van der Waals surface area contributed by atoms with Crippen LogP contribution in [0, 0.1) is 0 Å². The van der Waals surface area contributed by atoms with Crippen molar-refractivity contribution in [2.75, 3.05) is 0 Å². The first kappa shape index (κ1) is 16.0. The van der Waals surface area contributed by atoms with Crippen molar-refractivity contribution in [3.05, 3.63) is 48.3 Å². The quantitative estimate of drug-likeness (QED) is 0.673. The molecule has 1 amide bonds. The van der Waals surface area contributed by atoms with E-state index in [4.69, 9.17) is 16.6 Å².